The second kappa shape index (κ2) is 7.13. The van der Waals surface area contributed by atoms with E-state index in [-0.39, 0.29) is 29.1 Å². The van der Waals surface area contributed by atoms with Crippen LogP contribution in [0.25, 0.3) is 4.85 Å². The van der Waals surface area contributed by atoms with E-state index < -0.39 is 5.97 Å². The summed E-state index contributed by atoms with van der Waals surface area (Å²) >= 11 is 0. The Morgan fingerprint density at radius 2 is 1.97 bits per heavy atom. The van der Waals surface area contributed by atoms with E-state index in [1.54, 1.807) is 18.2 Å². The van der Waals surface area contributed by atoms with Crippen LogP contribution in [0.1, 0.15) is 53.8 Å². The van der Waals surface area contributed by atoms with E-state index >= 15 is 0 Å². The Balaban J connectivity index is 1.59. The van der Waals surface area contributed by atoms with E-state index in [2.05, 4.69) is 9.83 Å². The van der Waals surface area contributed by atoms with Gasteiger partial charge in [0.1, 0.15) is 11.4 Å². The molecule has 1 aliphatic heterocycles. The number of aromatic hydroxyl groups is 1. The molecule has 2 N–H and O–H groups in total. The smallest absolute Gasteiger partial charge is 0.354 e. The van der Waals surface area contributed by atoms with Gasteiger partial charge in [0.2, 0.25) is 5.69 Å². The molecule has 1 fully saturated rings. The summed E-state index contributed by atoms with van der Waals surface area (Å²) in [6, 6.07) is 8.71. The fraction of sp³-hybridized carbons (Fsp3) is 0.391. The van der Waals surface area contributed by atoms with Crippen LogP contribution < -0.4 is 5.01 Å². The average molecular weight is 402 g/mol. The zero-order valence-electron chi connectivity index (χ0n) is 16.5. The predicted octanol–water partition coefficient (Wildman–Crippen LogP) is 4.38. The first kappa shape index (κ1) is 18.6. The van der Waals surface area contributed by atoms with Crippen LogP contribution in [-0.2, 0) is 6.42 Å². The van der Waals surface area contributed by atoms with Crippen LogP contribution in [0.4, 0.5) is 11.4 Å². The van der Waals surface area contributed by atoms with Gasteiger partial charge in [-0.1, -0.05) is 18.9 Å². The van der Waals surface area contributed by atoms with Gasteiger partial charge in [-0.05, 0) is 55.9 Å². The lowest BCUT2D eigenvalue weighted by atomic mass is 9.76. The van der Waals surface area contributed by atoms with Crippen LogP contribution in [0.15, 0.2) is 35.4 Å². The minimum atomic E-state index is -1.02. The van der Waals surface area contributed by atoms with E-state index in [1.165, 1.54) is 12.8 Å². The lowest BCUT2D eigenvalue weighted by Crippen LogP contribution is -2.40. The second-order valence-corrected chi connectivity index (χ2v) is 8.29. The second-order valence-electron chi connectivity index (χ2n) is 8.29. The van der Waals surface area contributed by atoms with Gasteiger partial charge < -0.3 is 10.2 Å². The highest BCUT2D eigenvalue weighted by atomic mass is 16.4. The van der Waals surface area contributed by atoms with Gasteiger partial charge in [-0.15, -0.1) is 0 Å². The predicted molar refractivity (Wildman–Crippen MR) is 112 cm³/mol. The average Bonchev–Trinajstić information content (AvgIpc) is 3.40. The van der Waals surface area contributed by atoms with E-state index in [4.69, 9.17) is 11.7 Å². The number of pyridine rings is 1. The third-order valence-corrected chi connectivity index (χ3v) is 6.65. The largest absolute Gasteiger partial charge is 0.519 e. The number of aromatic nitrogens is 1. The molecule has 2 aromatic rings. The molecule has 152 valence electrons. The summed E-state index contributed by atoms with van der Waals surface area (Å²) in [6.45, 7) is 7.18. The number of anilines is 1. The molecule has 0 saturated heterocycles. The maximum atomic E-state index is 11.3. The molecule has 1 aromatic carbocycles. The Morgan fingerprint density at radius 3 is 2.67 bits per heavy atom. The number of hydrazone groups is 1. The third kappa shape index (κ3) is 2.91. The number of hydrogen-bond donors (Lipinski definition) is 2. The highest BCUT2D eigenvalue weighted by Gasteiger charge is 2.46. The summed E-state index contributed by atoms with van der Waals surface area (Å²) in [5.41, 5.74) is 3.78. The Bertz CT molecular complexity index is 1100. The van der Waals surface area contributed by atoms with E-state index in [0.717, 1.165) is 48.3 Å². The molecule has 1 aromatic heterocycles. The SMILES string of the molecule is [C-]#[N+]c1ccc(N2N=C3c4ccc(C(=O)O)nc4CCC3C2C2CCCC2)cc1O. The molecule has 7 nitrogen and oxygen atoms in total. The summed E-state index contributed by atoms with van der Waals surface area (Å²) in [7, 11) is 0. The lowest BCUT2D eigenvalue weighted by Gasteiger charge is -2.34. The van der Waals surface area contributed by atoms with E-state index in [0.29, 0.717) is 5.92 Å². The summed E-state index contributed by atoms with van der Waals surface area (Å²) in [4.78, 5) is 19.0. The Labute approximate surface area is 174 Å². The van der Waals surface area contributed by atoms with Crippen molar-refractivity contribution < 1.29 is 15.0 Å². The number of aromatic carboxylic acids is 1. The minimum absolute atomic E-state index is 0.0316. The molecule has 2 aliphatic carbocycles. The number of phenols is 1. The zero-order chi connectivity index (χ0) is 20.8. The fourth-order valence-electron chi connectivity index (χ4n) is 5.29. The van der Waals surface area contributed by atoms with Crippen LogP contribution in [0.3, 0.4) is 0 Å². The van der Waals surface area contributed by atoms with Crippen molar-refractivity contribution in [1.82, 2.24) is 4.98 Å². The fourth-order valence-corrected chi connectivity index (χ4v) is 5.29. The number of carboxylic acid groups (broad SMARTS) is 1. The monoisotopic (exact) mass is 402 g/mol. The van der Waals surface area contributed by atoms with Crippen LogP contribution in [0, 0.1) is 18.4 Å². The molecular weight excluding hydrogens is 380 g/mol. The number of aryl methyl sites for hydroxylation is 1. The number of rotatable bonds is 3. The van der Waals surface area contributed by atoms with E-state index in [1.807, 2.05) is 17.1 Å². The standard InChI is InChI=1S/C23H22N4O3/c1-24-18-9-6-14(12-20(18)28)27-22(13-4-2-3-5-13)16-8-10-17-15(21(16)26-27)7-11-19(25-17)23(29)30/h6-7,9,11-13,16,22,28H,2-5,8,10H2,(H,29,30). The molecule has 1 saturated carbocycles. The Kier molecular flexibility index (Phi) is 4.43. The van der Waals surface area contributed by atoms with Gasteiger partial charge in [-0.3, -0.25) is 5.01 Å². The number of benzene rings is 1. The van der Waals surface area contributed by atoms with Gasteiger partial charge in [0.05, 0.1) is 29.7 Å². The molecular formula is C23H22N4O3. The third-order valence-electron chi connectivity index (χ3n) is 6.65. The van der Waals surface area contributed by atoms with Crippen molar-refractivity contribution in [2.75, 3.05) is 5.01 Å². The van der Waals surface area contributed by atoms with Crippen LogP contribution >= 0.6 is 0 Å². The van der Waals surface area contributed by atoms with Crippen molar-refractivity contribution in [2.45, 2.75) is 44.6 Å². The Morgan fingerprint density at radius 1 is 1.17 bits per heavy atom. The van der Waals surface area contributed by atoms with Crippen molar-refractivity contribution in [2.24, 2.45) is 16.9 Å². The number of fused-ring (bicyclic) bond motifs is 3. The normalized spacial score (nSPS) is 22.9. The number of hydrogen-bond acceptors (Lipinski definition) is 5. The molecule has 7 heteroatoms. The summed E-state index contributed by atoms with van der Waals surface area (Å²) in [5, 5.41) is 26.5. The van der Waals surface area contributed by atoms with Crippen LogP contribution in [0.2, 0.25) is 0 Å². The molecule has 0 amide bonds. The maximum Gasteiger partial charge on any atom is 0.354 e. The topological polar surface area (TPSA) is 90.4 Å². The molecule has 5 rings (SSSR count). The van der Waals surface area contributed by atoms with Gasteiger partial charge in [0.15, 0.2) is 0 Å². The minimum Gasteiger partial charge on any atom is -0.519 e. The van der Waals surface area contributed by atoms with Gasteiger partial charge in [-0.2, -0.15) is 5.10 Å². The number of carbonyl (C=O) groups is 1. The first-order valence-corrected chi connectivity index (χ1v) is 10.4. The number of carboxylic acids is 1. The maximum absolute atomic E-state index is 11.3. The highest BCUT2D eigenvalue weighted by molar-refractivity contribution is 6.07. The molecule has 2 heterocycles. The van der Waals surface area contributed by atoms with Crippen LogP contribution in [-0.4, -0.2) is 32.9 Å². The first-order valence-electron chi connectivity index (χ1n) is 10.4. The zero-order valence-corrected chi connectivity index (χ0v) is 16.5. The summed E-state index contributed by atoms with van der Waals surface area (Å²) < 4.78 is 0. The van der Waals surface area contributed by atoms with Crippen LogP contribution in [0.5, 0.6) is 5.75 Å². The van der Waals surface area contributed by atoms with Gasteiger partial charge in [0, 0.05) is 11.5 Å². The molecule has 0 radical (unpaired) electrons. The van der Waals surface area contributed by atoms with Crippen molar-refractivity contribution in [3.63, 3.8) is 0 Å². The Hall–Kier alpha value is -3.40. The summed E-state index contributed by atoms with van der Waals surface area (Å²) in [6.07, 6.45) is 6.38. The van der Waals surface area contributed by atoms with Crippen molar-refractivity contribution in [3.8, 4) is 5.75 Å². The first-order chi connectivity index (χ1) is 14.6. The highest BCUT2D eigenvalue weighted by Crippen LogP contribution is 2.45. The van der Waals surface area contributed by atoms with Gasteiger partial charge in [0.25, 0.3) is 0 Å². The number of phenolic OH excluding ortho intramolecular Hbond substituents is 1. The van der Waals surface area contributed by atoms with Gasteiger partial charge in [-0.25, -0.2) is 14.6 Å². The van der Waals surface area contributed by atoms with Crippen molar-refractivity contribution in [3.05, 3.63) is 58.7 Å². The molecule has 0 spiro atoms. The molecule has 2 unspecified atom stereocenters. The molecule has 0 bridgehead atoms. The van der Waals surface area contributed by atoms with Gasteiger partial charge >= 0.3 is 5.97 Å². The molecule has 30 heavy (non-hydrogen) atoms. The summed E-state index contributed by atoms with van der Waals surface area (Å²) in [5.74, 6) is -0.280. The van der Waals surface area contributed by atoms with Crippen molar-refractivity contribution in [1.29, 1.82) is 0 Å². The molecule has 2 atom stereocenters. The quantitative estimate of drug-likeness (QED) is 0.744. The van der Waals surface area contributed by atoms with E-state index in [9.17, 15) is 15.0 Å². The number of nitrogens with zero attached hydrogens (tertiary/aromatic N) is 4. The lowest BCUT2D eigenvalue weighted by molar-refractivity contribution is 0.0690. The van der Waals surface area contributed by atoms with Crippen molar-refractivity contribution >= 4 is 23.1 Å². The molecule has 3 aliphatic rings.